The summed E-state index contributed by atoms with van der Waals surface area (Å²) in [6.45, 7) is 2.70. The molecule has 2 N–H and O–H groups in total. The highest BCUT2D eigenvalue weighted by atomic mass is 16.5. The van der Waals surface area contributed by atoms with Crippen molar-refractivity contribution >= 4 is 11.5 Å². The molecule has 0 atom stereocenters. The molecule has 7 heteroatoms. The Kier molecular flexibility index (Phi) is 5.69. The number of hydrogen-bond donors (Lipinski definition) is 1. The number of imidazole rings is 1. The van der Waals surface area contributed by atoms with Crippen molar-refractivity contribution in [1.82, 2.24) is 24.6 Å². The van der Waals surface area contributed by atoms with Crippen LogP contribution in [0.25, 0.3) is 5.65 Å². The second kappa shape index (κ2) is 8.54. The molecule has 0 bridgehead atoms. The number of nitrogens with zero attached hydrogens (tertiary/aromatic N) is 5. The summed E-state index contributed by atoms with van der Waals surface area (Å²) in [6, 6.07) is 4.64. The topological polar surface area (TPSA) is 91.2 Å². The highest BCUT2D eigenvalue weighted by molar-refractivity contribution is 5.59. The van der Waals surface area contributed by atoms with Crippen LogP contribution in [0.15, 0.2) is 24.5 Å². The van der Waals surface area contributed by atoms with E-state index in [0.717, 1.165) is 24.1 Å². The Bertz CT molecular complexity index is 915. The number of pyridine rings is 1. The summed E-state index contributed by atoms with van der Waals surface area (Å²) >= 11 is 0. The van der Waals surface area contributed by atoms with E-state index in [0.29, 0.717) is 36.4 Å². The Balaban J connectivity index is 1.52. The van der Waals surface area contributed by atoms with Gasteiger partial charge in [-0.1, -0.05) is 38.7 Å². The van der Waals surface area contributed by atoms with Crippen molar-refractivity contribution in [3.05, 3.63) is 41.5 Å². The monoisotopic (exact) mass is 380 g/mol. The number of nitrogens with two attached hydrogens (primary N) is 1. The maximum absolute atomic E-state index is 6.04. The predicted molar refractivity (Wildman–Crippen MR) is 108 cm³/mol. The molecule has 4 rings (SSSR count). The minimum absolute atomic E-state index is 0.295. The van der Waals surface area contributed by atoms with Crippen molar-refractivity contribution in [2.75, 3.05) is 12.3 Å². The molecule has 0 aliphatic heterocycles. The molecule has 3 aromatic rings. The number of aromatic nitrogens is 5. The fraction of sp³-hybridized carbons (Fsp3) is 0.524. The average Bonchev–Trinajstić information content (AvgIpc) is 3.13. The predicted octanol–water partition coefficient (Wildman–Crippen LogP) is 3.92. The number of ether oxygens (including phenoxy) is 1. The van der Waals surface area contributed by atoms with Crippen molar-refractivity contribution in [1.29, 1.82) is 0 Å². The molecule has 148 valence electrons. The SMILES string of the molecule is CCCCOc1nc(N)c2ncc(Cc3ccc(C4CCCCC4)nc3)n2n1. The fourth-order valence-corrected chi connectivity index (χ4v) is 3.81. The lowest BCUT2D eigenvalue weighted by Gasteiger charge is -2.21. The Morgan fingerprint density at radius 2 is 2.00 bits per heavy atom. The van der Waals surface area contributed by atoms with Crippen molar-refractivity contribution in [2.45, 2.75) is 64.2 Å². The number of unbranched alkanes of at least 4 members (excludes halogenated alkanes) is 1. The highest BCUT2D eigenvalue weighted by Gasteiger charge is 2.17. The van der Waals surface area contributed by atoms with Gasteiger partial charge in [0.05, 0.1) is 18.5 Å². The number of fused-ring (bicyclic) bond motifs is 1. The summed E-state index contributed by atoms with van der Waals surface area (Å²) in [5, 5.41) is 4.48. The lowest BCUT2D eigenvalue weighted by Crippen LogP contribution is -2.09. The quantitative estimate of drug-likeness (QED) is 0.625. The molecule has 0 aromatic carbocycles. The van der Waals surface area contributed by atoms with Gasteiger partial charge in [-0.15, -0.1) is 5.10 Å². The van der Waals surface area contributed by atoms with Gasteiger partial charge in [-0.3, -0.25) is 4.98 Å². The molecular formula is C21H28N6O. The van der Waals surface area contributed by atoms with E-state index < -0.39 is 0 Å². The van der Waals surface area contributed by atoms with Gasteiger partial charge in [-0.05, 0) is 30.9 Å². The first kappa shape index (κ1) is 18.7. The van der Waals surface area contributed by atoms with Crippen LogP contribution in [0.4, 0.5) is 5.82 Å². The largest absolute Gasteiger partial charge is 0.462 e. The van der Waals surface area contributed by atoms with Gasteiger partial charge < -0.3 is 10.5 Å². The standard InChI is InChI=1S/C21H28N6O/c1-2-3-11-28-21-25-19(22)20-24-14-17(27(20)26-21)12-15-9-10-18(23-13-15)16-7-5-4-6-8-16/h9-10,13-14,16H,2-8,11-12H2,1H3,(H2,22,25,26). The molecule has 1 fully saturated rings. The van der Waals surface area contributed by atoms with E-state index in [-0.39, 0.29) is 0 Å². The summed E-state index contributed by atoms with van der Waals surface area (Å²) in [4.78, 5) is 13.3. The van der Waals surface area contributed by atoms with Gasteiger partial charge >= 0.3 is 6.01 Å². The van der Waals surface area contributed by atoms with Crippen LogP contribution in [0.3, 0.4) is 0 Å². The van der Waals surface area contributed by atoms with Crippen LogP contribution in [0.2, 0.25) is 0 Å². The van der Waals surface area contributed by atoms with Crippen molar-refractivity contribution in [3.8, 4) is 6.01 Å². The molecule has 1 aliphatic carbocycles. The summed E-state index contributed by atoms with van der Waals surface area (Å²) in [5.74, 6) is 0.951. The lowest BCUT2D eigenvalue weighted by atomic mass is 9.86. The first-order valence-corrected chi connectivity index (χ1v) is 10.3. The number of anilines is 1. The molecule has 0 radical (unpaired) electrons. The second-order valence-electron chi connectivity index (χ2n) is 7.57. The van der Waals surface area contributed by atoms with Crippen LogP contribution in [0.5, 0.6) is 6.01 Å². The van der Waals surface area contributed by atoms with Gasteiger partial charge in [0.25, 0.3) is 0 Å². The van der Waals surface area contributed by atoms with Crippen molar-refractivity contribution < 1.29 is 4.74 Å². The maximum Gasteiger partial charge on any atom is 0.336 e. The molecule has 3 aromatic heterocycles. The van der Waals surface area contributed by atoms with Gasteiger partial charge in [0.15, 0.2) is 11.5 Å². The summed E-state index contributed by atoms with van der Waals surface area (Å²) in [6.07, 6.45) is 13.0. The highest BCUT2D eigenvalue weighted by Crippen LogP contribution is 2.31. The Labute approximate surface area is 165 Å². The third-order valence-electron chi connectivity index (χ3n) is 5.42. The minimum atomic E-state index is 0.295. The Morgan fingerprint density at radius 1 is 1.14 bits per heavy atom. The fourth-order valence-electron chi connectivity index (χ4n) is 3.81. The number of rotatable bonds is 7. The summed E-state index contributed by atoms with van der Waals surface area (Å²) < 4.78 is 7.36. The van der Waals surface area contributed by atoms with E-state index in [4.69, 9.17) is 15.5 Å². The van der Waals surface area contributed by atoms with Gasteiger partial charge in [-0.25, -0.2) is 9.50 Å². The van der Waals surface area contributed by atoms with E-state index >= 15 is 0 Å². The zero-order chi connectivity index (χ0) is 19.3. The van der Waals surface area contributed by atoms with Crippen molar-refractivity contribution in [3.63, 3.8) is 0 Å². The van der Waals surface area contributed by atoms with E-state index in [1.807, 2.05) is 6.20 Å². The molecule has 0 unspecified atom stereocenters. The van der Waals surface area contributed by atoms with Gasteiger partial charge in [0.2, 0.25) is 0 Å². The van der Waals surface area contributed by atoms with Crippen LogP contribution in [-0.2, 0) is 6.42 Å². The van der Waals surface area contributed by atoms with Crippen LogP contribution < -0.4 is 10.5 Å². The van der Waals surface area contributed by atoms with Crippen molar-refractivity contribution in [2.24, 2.45) is 0 Å². The zero-order valence-corrected chi connectivity index (χ0v) is 16.5. The lowest BCUT2D eigenvalue weighted by molar-refractivity contribution is 0.280. The summed E-state index contributed by atoms with van der Waals surface area (Å²) in [5.41, 5.74) is 9.90. The van der Waals surface area contributed by atoms with Gasteiger partial charge in [-0.2, -0.15) is 4.98 Å². The van der Waals surface area contributed by atoms with E-state index in [9.17, 15) is 0 Å². The normalized spacial score (nSPS) is 15.2. The molecule has 3 heterocycles. The number of nitrogen functional groups attached to an aromatic ring is 1. The molecule has 0 saturated heterocycles. The molecule has 7 nitrogen and oxygen atoms in total. The zero-order valence-electron chi connectivity index (χ0n) is 16.5. The average molecular weight is 380 g/mol. The first-order chi connectivity index (χ1) is 13.7. The third kappa shape index (κ3) is 4.08. The molecule has 28 heavy (non-hydrogen) atoms. The van der Waals surface area contributed by atoms with E-state index in [1.165, 1.54) is 37.8 Å². The van der Waals surface area contributed by atoms with Crippen LogP contribution in [0.1, 0.15) is 74.7 Å². The minimum Gasteiger partial charge on any atom is -0.462 e. The molecule has 1 saturated carbocycles. The first-order valence-electron chi connectivity index (χ1n) is 10.3. The number of hydrogen-bond acceptors (Lipinski definition) is 6. The van der Waals surface area contributed by atoms with Gasteiger partial charge in [0.1, 0.15) is 0 Å². The van der Waals surface area contributed by atoms with E-state index in [2.05, 4.69) is 34.1 Å². The van der Waals surface area contributed by atoms with Crippen LogP contribution >= 0.6 is 0 Å². The Morgan fingerprint density at radius 3 is 2.75 bits per heavy atom. The molecule has 0 spiro atoms. The van der Waals surface area contributed by atoms with E-state index in [1.54, 1.807) is 10.7 Å². The second-order valence-corrected chi connectivity index (χ2v) is 7.57. The van der Waals surface area contributed by atoms with Crippen LogP contribution in [-0.4, -0.2) is 31.2 Å². The van der Waals surface area contributed by atoms with Gasteiger partial charge in [0, 0.05) is 24.2 Å². The molecule has 1 aliphatic rings. The maximum atomic E-state index is 6.04. The molecular weight excluding hydrogens is 352 g/mol. The third-order valence-corrected chi connectivity index (χ3v) is 5.42. The smallest absolute Gasteiger partial charge is 0.336 e. The summed E-state index contributed by atoms with van der Waals surface area (Å²) in [7, 11) is 0. The Hall–Kier alpha value is -2.70. The molecule has 0 amide bonds. The van der Waals surface area contributed by atoms with Crippen LogP contribution in [0, 0.1) is 0 Å².